The zero-order chi connectivity index (χ0) is 15.1. The Hall–Kier alpha value is -1.06. The summed E-state index contributed by atoms with van der Waals surface area (Å²) in [7, 11) is 0. The van der Waals surface area contributed by atoms with E-state index in [0.29, 0.717) is 5.41 Å². The summed E-state index contributed by atoms with van der Waals surface area (Å²) in [6, 6.07) is 8.43. The number of rotatable bonds is 8. The topological polar surface area (TPSA) is 24.5 Å². The molecule has 0 radical (unpaired) electrons. The first kappa shape index (κ1) is 16.3. The molecule has 1 aromatic rings. The van der Waals surface area contributed by atoms with E-state index in [2.05, 4.69) is 55.3 Å². The monoisotopic (exact) mass is 290 g/mol. The summed E-state index contributed by atoms with van der Waals surface area (Å²) in [5.74, 6) is 0.990. The van der Waals surface area contributed by atoms with Crippen molar-refractivity contribution in [2.45, 2.75) is 40.2 Å². The van der Waals surface area contributed by atoms with Crippen LogP contribution in [0.5, 0.6) is 5.75 Å². The molecule has 1 saturated heterocycles. The van der Waals surface area contributed by atoms with Crippen LogP contribution in [0, 0.1) is 5.41 Å². The third kappa shape index (κ3) is 5.68. The van der Waals surface area contributed by atoms with Gasteiger partial charge in [0.05, 0.1) is 0 Å². The molecule has 0 saturated carbocycles. The Morgan fingerprint density at radius 3 is 2.90 bits per heavy atom. The average Bonchev–Trinajstić information content (AvgIpc) is 2.79. The molecule has 0 aromatic heterocycles. The molecule has 0 spiro atoms. The van der Waals surface area contributed by atoms with E-state index in [1.807, 2.05) is 0 Å². The summed E-state index contributed by atoms with van der Waals surface area (Å²) < 4.78 is 5.91. The van der Waals surface area contributed by atoms with E-state index in [1.165, 1.54) is 31.5 Å². The van der Waals surface area contributed by atoms with Crippen LogP contribution >= 0.6 is 0 Å². The fraction of sp³-hybridized carbons (Fsp3) is 0.667. The highest BCUT2D eigenvalue weighted by molar-refractivity contribution is 5.28. The van der Waals surface area contributed by atoms with E-state index < -0.39 is 0 Å². The molecule has 0 bridgehead atoms. The molecular formula is C18H30N2O. The van der Waals surface area contributed by atoms with Crippen LogP contribution in [-0.2, 0) is 6.54 Å². The standard InChI is InChI=1S/C18H30N2O/c1-4-9-19-14-16-6-5-7-17(13-16)21-12-11-20-10-8-18(2,3)15-20/h5-7,13,19H,4,8-12,14-15H2,1-3H3. The SMILES string of the molecule is CCCNCc1cccc(OCCN2CCC(C)(C)C2)c1. The second-order valence-electron chi connectivity index (χ2n) is 6.86. The van der Waals surface area contributed by atoms with Gasteiger partial charge in [0.15, 0.2) is 0 Å². The Kier molecular flexibility index (Phi) is 6.07. The van der Waals surface area contributed by atoms with Gasteiger partial charge in [-0.25, -0.2) is 0 Å². The van der Waals surface area contributed by atoms with E-state index in [4.69, 9.17) is 4.74 Å². The minimum atomic E-state index is 0.477. The first-order valence-corrected chi connectivity index (χ1v) is 8.24. The highest BCUT2D eigenvalue weighted by atomic mass is 16.5. The molecule has 1 heterocycles. The first-order valence-electron chi connectivity index (χ1n) is 8.24. The quantitative estimate of drug-likeness (QED) is 0.744. The Labute approximate surface area is 129 Å². The van der Waals surface area contributed by atoms with Crippen molar-refractivity contribution in [3.05, 3.63) is 29.8 Å². The number of nitrogens with one attached hydrogen (secondary N) is 1. The van der Waals surface area contributed by atoms with Crippen molar-refractivity contribution in [3.8, 4) is 5.75 Å². The summed E-state index contributed by atoms with van der Waals surface area (Å²) >= 11 is 0. The molecule has 1 aliphatic rings. The maximum absolute atomic E-state index is 5.91. The minimum Gasteiger partial charge on any atom is -0.492 e. The molecular weight excluding hydrogens is 260 g/mol. The molecule has 1 aliphatic heterocycles. The van der Waals surface area contributed by atoms with E-state index in [-0.39, 0.29) is 0 Å². The number of hydrogen-bond donors (Lipinski definition) is 1. The second-order valence-corrected chi connectivity index (χ2v) is 6.86. The van der Waals surface area contributed by atoms with E-state index >= 15 is 0 Å². The summed E-state index contributed by atoms with van der Waals surface area (Å²) in [5.41, 5.74) is 1.77. The number of ether oxygens (including phenoxy) is 1. The van der Waals surface area contributed by atoms with Crippen LogP contribution in [0.15, 0.2) is 24.3 Å². The van der Waals surface area contributed by atoms with Gasteiger partial charge in [-0.1, -0.05) is 32.9 Å². The summed E-state index contributed by atoms with van der Waals surface area (Å²) in [6.07, 6.45) is 2.47. The van der Waals surface area contributed by atoms with Gasteiger partial charge in [0.2, 0.25) is 0 Å². The van der Waals surface area contributed by atoms with Crippen molar-refractivity contribution in [3.63, 3.8) is 0 Å². The van der Waals surface area contributed by atoms with Crippen LogP contribution in [0.2, 0.25) is 0 Å². The maximum Gasteiger partial charge on any atom is 0.119 e. The lowest BCUT2D eigenvalue weighted by molar-refractivity contribution is 0.222. The minimum absolute atomic E-state index is 0.477. The molecule has 0 amide bonds. The molecule has 3 nitrogen and oxygen atoms in total. The Morgan fingerprint density at radius 2 is 2.19 bits per heavy atom. The predicted octanol–water partition coefficient (Wildman–Crippen LogP) is 3.30. The summed E-state index contributed by atoms with van der Waals surface area (Å²) in [5, 5.41) is 3.42. The van der Waals surface area contributed by atoms with Gasteiger partial charge < -0.3 is 10.1 Å². The third-order valence-electron chi connectivity index (χ3n) is 4.09. The van der Waals surface area contributed by atoms with Gasteiger partial charge in [-0.15, -0.1) is 0 Å². The van der Waals surface area contributed by atoms with Gasteiger partial charge in [0.1, 0.15) is 12.4 Å². The lowest BCUT2D eigenvalue weighted by atomic mass is 9.93. The largest absolute Gasteiger partial charge is 0.492 e. The van der Waals surface area contributed by atoms with Gasteiger partial charge in [0.25, 0.3) is 0 Å². The average molecular weight is 290 g/mol. The highest BCUT2D eigenvalue weighted by Crippen LogP contribution is 2.28. The third-order valence-corrected chi connectivity index (χ3v) is 4.09. The molecule has 0 atom stereocenters. The lowest BCUT2D eigenvalue weighted by Gasteiger charge is -2.19. The van der Waals surface area contributed by atoms with Gasteiger partial charge in [0, 0.05) is 19.6 Å². The molecule has 118 valence electrons. The molecule has 0 unspecified atom stereocenters. The van der Waals surface area contributed by atoms with Crippen LogP contribution in [0.4, 0.5) is 0 Å². The van der Waals surface area contributed by atoms with Gasteiger partial charge >= 0.3 is 0 Å². The van der Waals surface area contributed by atoms with Crippen molar-refractivity contribution in [2.75, 3.05) is 32.8 Å². The fourth-order valence-corrected chi connectivity index (χ4v) is 2.86. The Morgan fingerprint density at radius 1 is 1.33 bits per heavy atom. The van der Waals surface area contributed by atoms with Crippen molar-refractivity contribution >= 4 is 0 Å². The van der Waals surface area contributed by atoms with Gasteiger partial charge in [-0.05, 0) is 49.0 Å². The second kappa shape index (κ2) is 7.81. The first-order chi connectivity index (χ1) is 10.1. The van der Waals surface area contributed by atoms with Crippen LogP contribution in [-0.4, -0.2) is 37.7 Å². The normalized spacial score (nSPS) is 18.0. The van der Waals surface area contributed by atoms with E-state index in [0.717, 1.165) is 32.0 Å². The number of likely N-dealkylation sites (tertiary alicyclic amines) is 1. The molecule has 2 rings (SSSR count). The van der Waals surface area contributed by atoms with Crippen molar-refractivity contribution in [1.82, 2.24) is 10.2 Å². The predicted molar refractivity (Wildman–Crippen MR) is 88.8 cm³/mol. The van der Waals surface area contributed by atoms with Crippen molar-refractivity contribution in [2.24, 2.45) is 5.41 Å². The van der Waals surface area contributed by atoms with Crippen LogP contribution in [0.3, 0.4) is 0 Å². The maximum atomic E-state index is 5.91. The van der Waals surface area contributed by atoms with Crippen LogP contribution < -0.4 is 10.1 Å². The highest BCUT2D eigenvalue weighted by Gasteiger charge is 2.28. The molecule has 21 heavy (non-hydrogen) atoms. The van der Waals surface area contributed by atoms with Crippen LogP contribution in [0.1, 0.15) is 39.2 Å². The van der Waals surface area contributed by atoms with Crippen LogP contribution in [0.25, 0.3) is 0 Å². The van der Waals surface area contributed by atoms with Gasteiger partial charge in [-0.3, -0.25) is 4.90 Å². The number of hydrogen-bond acceptors (Lipinski definition) is 3. The molecule has 1 fully saturated rings. The molecule has 1 aromatic carbocycles. The summed E-state index contributed by atoms with van der Waals surface area (Å²) in [4.78, 5) is 2.51. The molecule has 1 N–H and O–H groups in total. The van der Waals surface area contributed by atoms with E-state index in [9.17, 15) is 0 Å². The zero-order valence-corrected chi connectivity index (χ0v) is 13.8. The number of benzene rings is 1. The van der Waals surface area contributed by atoms with E-state index in [1.54, 1.807) is 0 Å². The fourth-order valence-electron chi connectivity index (χ4n) is 2.86. The lowest BCUT2D eigenvalue weighted by Crippen LogP contribution is -2.27. The van der Waals surface area contributed by atoms with Crippen molar-refractivity contribution in [1.29, 1.82) is 0 Å². The summed E-state index contributed by atoms with van der Waals surface area (Å²) in [6.45, 7) is 13.1. The van der Waals surface area contributed by atoms with Crippen molar-refractivity contribution < 1.29 is 4.74 Å². The zero-order valence-electron chi connectivity index (χ0n) is 13.8. The Balaban J connectivity index is 1.72. The number of nitrogens with zero attached hydrogens (tertiary/aromatic N) is 1. The smallest absolute Gasteiger partial charge is 0.119 e. The molecule has 0 aliphatic carbocycles. The molecule has 3 heteroatoms. The van der Waals surface area contributed by atoms with Gasteiger partial charge in [-0.2, -0.15) is 0 Å². The Bertz CT molecular complexity index is 431.